The number of hydrogen-bond acceptors (Lipinski definition) is 4. The van der Waals surface area contributed by atoms with Gasteiger partial charge < -0.3 is 9.32 Å². The fourth-order valence-electron chi connectivity index (χ4n) is 2.99. The number of carbonyl (C=O) groups is 2. The van der Waals surface area contributed by atoms with Gasteiger partial charge in [-0.25, -0.2) is 0 Å². The van der Waals surface area contributed by atoms with Crippen molar-refractivity contribution in [3.63, 3.8) is 0 Å². The average molecular weight is 244 g/mol. The lowest BCUT2D eigenvalue weighted by molar-refractivity contribution is -0.131. The standard InChI is InChI=1S/C13H12N2O3/c14-6-1-4-13-5-2-11(16)15(13)8-10-9(12(13)17)3-7-18-10/h3,7H,1-2,4-5,8H2. The van der Waals surface area contributed by atoms with E-state index in [-0.39, 0.29) is 18.1 Å². The second kappa shape index (κ2) is 3.70. The summed E-state index contributed by atoms with van der Waals surface area (Å²) in [5, 5.41) is 8.74. The van der Waals surface area contributed by atoms with E-state index < -0.39 is 5.54 Å². The summed E-state index contributed by atoms with van der Waals surface area (Å²) < 4.78 is 5.25. The fourth-order valence-corrected chi connectivity index (χ4v) is 2.99. The van der Waals surface area contributed by atoms with Crippen molar-refractivity contribution in [2.75, 3.05) is 0 Å². The average Bonchev–Trinajstić information content (AvgIpc) is 2.95. The summed E-state index contributed by atoms with van der Waals surface area (Å²) in [7, 11) is 0. The SMILES string of the molecule is N#CCCC12CCC(=O)N1Cc1occc1C2=O. The molecule has 0 bridgehead atoms. The van der Waals surface area contributed by atoms with Crippen LogP contribution in [-0.4, -0.2) is 22.1 Å². The monoisotopic (exact) mass is 244 g/mol. The summed E-state index contributed by atoms with van der Waals surface area (Å²) in [5.74, 6) is 0.463. The second-order valence-electron chi connectivity index (χ2n) is 4.76. The molecule has 18 heavy (non-hydrogen) atoms. The molecule has 0 spiro atoms. The van der Waals surface area contributed by atoms with Crippen molar-refractivity contribution in [1.29, 1.82) is 5.26 Å². The highest BCUT2D eigenvalue weighted by molar-refractivity contribution is 6.08. The van der Waals surface area contributed by atoms with E-state index in [4.69, 9.17) is 9.68 Å². The van der Waals surface area contributed by atoms with E-state index in [1.165, 1.54) is 6.26 Å². The lowest BCUT2D eigenvalue weighted by Crippen LogP contribution is -2.54. The molecule has 0 aromatic carbocycles. The fraction of sp³-hybridized carbons (Fsp3) is 0.462. The normalized spacial score (nSPS) is 25.8. The highest BCUT2D eigenvalue weighted by atomic mass is 16.3. The van der Waals surface area contributed by atoms with Crippen LogP contribution in [0.3, 0.4) is 0 Å². The van der Waals surface area contributed by atoms with Crippen molar-refractivity contribution in [3.8, 4) is 6.07 Å². The summed E-state index contributed by atoms with van der Waals surface area (Å²) in [6.07, 6.45) is 3.06. The molecule has 2 aliphatic rings. The van der Waals surface area contributed by atoms with Crippen molar-refractivity contribution in [3.05, 3.63) is 23.7 Å². The Balaban J connectivity index is 2.07. The van der Waals surface area contributed by atoms with Crippen LogP contribution in [0.1, 0.15) is 41.8 Å². The lowest BCUT2D eigenvalue weighted by atomic mass is 9.80. The largest absolute Gasteiger partial charge is 0.467 e. The molecule has 3 heterocycles. The summed E-state index contributed by atoms with van der Waals surface area (Å²) >= 11 is 0. The second-order valence-corrected chi connectivity index (χ2v) is 4.76. The van der Waals surface area contributed by atoms with E-state index in [1.807, 2.05) is 0 Å². The molecule has 1 amide bonds. The Labute approximate surface area is 104 Å². The Kier molecular flexibility index (Phi) is 2.27. The number of Topliss-reactive ketones (excluding diaryl/α,β-unsaturated/α-hetero) is 1. The molecule has 5 nitrogen and oxygen atoms in total. The van der Waals surface area contributed by atoms with Gasteiger partial charge in [-0.3, -0.25) is 9.59 Å². The first-order valence-corrected chi connectivity index (χ1v) is 5.97. The number of rotatable bonds is 2. The molecule has 1 unspecified atom stereocenters. The zero-order valence-electron chi connectivity index (χ0n) is 9.81. The minimum absolute atomic E-state index is 0.0247. The molecule has 1 aromatic rings. The summed E-state index contributed by atoms with van der Waals surface area (Å²) in [5.41, 5.74) is -0.233. The van der Waals surface area contributed by atoms with Crippen molar-refractivity contribution >= 4 is 11.7 Å². The van der Waals surface area contributed by atoms with Crippen LogP contribution in [0.5, 0.6) is 0 Å². The zero-order chi connectivity index (χ0) is 12.8. The van der Waals surface area contributed by atoms with Crippen LogP contribution in [0.15, 0.2) is 16.7 Å². The third-order valence-corrected chi connectivity index (χ3v) is 3.93. The molecule has 0 N–H and O–H groups in total. The van der Waals surface area contributed by atoms with Gasteiger partial charge in [0.2, 0.25) is 5.91 Å². The quantitative estimate of drug-likeness (QED) is 0.792. The first kappa shape index (κ1) is 11.0. The number of carbonyl (C=O) groups excluding carboxylic acids is 2. The number of hydrogen-bond donors (Lipinski definition) is 0. The predicted molar refractivity (Wildman–Crippen MR) is 60.4 cm³/mol. The highest BCUT2D eigenvalue weighted by Crippen LogP contribution is 2.42. The Morgan fingerprint density at radius 2 is 2.33 bits per heavy atom. The van der Waals surface area contributed by atoms with Crippen molar-refractivity contribution < 1.29 is 14.0 Å². The van der Waals surface area contributed by atoms with E-state index in [0.29, 0.717) is 37.1 Å². The van der Waals surface area contributed by atoms with Crippen molar-refractivity contribution in [2.24, 2.45) is 0 Å². The third kappa shape index (κ3) is 1.26. The number of ketones is 1. The predicted octanol–water partition coefficient (Wildman–Crippen LogP) is 1.64. The molecular weight excluding hydrogens is 232 g/mol. The molecule has 1 fully saturated rings. The van der Waals surface area contributed by atoms with Gasteiger partial charge in [0.25, 0.3) is 0 Å². The minimum atomic E-state index is -0.802. The van der Waals surface area contributed by atoms with Gasteiger partial charge in [0, 0.05) is 12.8 Å². The number of nitriles is 1. The van der Waals surface area contributed by atoms with Crippen LogP contribution >= 0.6 is 0 Å². The minimum Gasteiger partial charge on any atom is -0.467 e. The zero-order valence-corrected chi connectivity index (χ0v) is 9.81. The van der Waals surface area contributed by atoms with Gasteiger partial charge in [-0.05, 0) is 18.9 Å². The number of amides is 1. The molecule has 3 rings (SSSR count). The van der Waals surface area contributed by atoms with E-state index in [0.717, 1.165) is 0 Å². The van der Waals surface area contributed by atoms with Crippen LogP contribution in [0.25, 0.3) is 0 Å². The molecule has 0 radical (unpaired) electrons. The maximum Gasteiger partial charge on any atom is 0.223 e. The molecule has 1 saturated heterocycles. The van der Waals surface area contributed by atoms with Gasteiger partial charge in [-0.2, -0.15) is 5.26 Å². The maximum atomic E-state index is 12.6. The smallest absolute Gasteiger partial charge is 0.223 e. The number of fused-ring (bicyclic) bond motifs is 2. The number of nitrogens with zero attached hydrogens (tertiary/aromatic N) is 2. The molecular formula is C13H12N2O3. The van der Waals surface area contributed by atoms with Crippen LogP contribution in [0.2, 0.25) is 0 Å². The van der Waals surface area contributed by atoms with Crippen LogP contribution < -0.4 is 0 Å². The Bertz CT molecular complexity index is 569. The van der Waals surface area contributed by atoms with E-state index >= 15 is 0 Å². The van der Waals surface area contributed by atoms with Gasteiger partial charge in [-0.15, -0.1) is 0 Å². The van der Waals surface area contributed by atoms with Gasteiger partial charge in [-0.1, -0.05) is 0 Å². The molecule has 5 heteroatoms. The molecule has 1 aromatic heterocycles. The van der Waals surface area contributed by atoms with E-state index in [2.05, 4.69) is 6.07 Å². The molecule has 92 valence electrons. The first-order chi connectivity index (χ1) is 8.69. The lowest BCUT2D eigenvalue weighted by Gasteiger charge is -2.39. The first-order valence-electron chi connectivity index (χ1n) is 5.97. The van der Waals surface area contributed by atoms with Crippen molar-refractivity contribution in [2.45, 2.75) is 37.8 Å². The Morgan fingerprint density at radius 1 is 1.50 bits per heavy atom. The van der Waals surface area contributed by atoms with Gasteiger partial charge >= 0.3 is 0 Å². The summed E-state index contributed by atoms with van der Waals surface area (Å²) in [6, 6.07) is 3.72. The molecule has 1 atom stereocenters. The highest BCUT2D eigenvalue weighted by Gasteiger charge is 2.54. The van der Waals surface area contributed by atoms with Crippen LogP contribution in [0.4, 0.5) is 0 Å². The van der Waals surface area contributed by atoms with Gasteiger partial charge in [0.05, 0.1) is 24.4 Å². The van der Waals surface area contributed by atoms with Crippen LogP contribution in [0, 0.1) is 11.3 Å². The summed E-state index contributed by atoms with van der Waals surface area (Å²) in [6.45, 7) is 0.346. The van der Waals surface area contributed by atoms with E-state index in [9.17, 15) is 9.59 Å². The molecule has 0 saturated carbocycles. The van der Waals surface area contributed by atoms with E-state index in [1.54, 1.807) is 11.0 Å². The molecule has 2 aliphatic heterocycles. The Hall–Kier alpha value is -2.09. The third-order valence-electron chi connectivity index (χ3n) is 3.93. The van der Waals surface area contributed by atoms with Crippen molar-refractivity contribution in [1.82, 2.24) is 4.90 Å². The summed E-state index contributed by atoms with van der Waals surface area (Å²) in [4.78, 5) is 26.1. The topological polar surface area (TPSA) is 74.3 Å². The maximum absolute atomic E-state index is 12.6. The molecule has 0 aliphatic carbocycles. The Morgan fingerprint density at radius 3 is 3.11 bits per heavy atom. The van der Waals surface area contributed by atoms with Gasteiger partial charge in [0.1, 0.15) is 11.3 Å². The van der Waals surface area contributed by atoms with Crippen LogP contribution in [-0.2, 0) is 11.3 Å². The van der Waals surface area contributed by atoms with Gasteiger partial charge in [0.15, 0.2) is 5.78 Å². The number of furan rings is 1.